The Labute approximate surface area is 194 Å². The summed E-state index contributed by atoms with van der Waals surface area (Å²) in [5.74, 6) is -1.44. The Balaban J connectivity index is 1.74. The average Bonchev–Trinajstić information content (AvgIpc) is 2.79. The van der Waals surface area contributed by atoms with Gasteiger partial charge in [0.05, 0.1) is 5.75 Å². The van der Waals surface area contributed by atoms with Crippen molar-refractivity contribution in [2.24, 2.45) is 0 Å². The molecule has 8 nitrogen and oxygen atoms in total. The van der Waals surface area contributed by atoms with Crippen LogP contribution in [0.4, 0.5) is 4.39 Å². The second-order valence-corrected chi connectivity index (χ2v) is 11.8. The highest BCUT2D eigenvalue weighted by Crippen LogP contribution is 2.17. The zero-order chi connectivity index (χ0) is 24.1. The first-order valence-corrected chi connectivity index (χ1v) is 13.8. The minimum absolute atomic E-state index is 0.0149. The lowest BCUT2D eigenvalue weighted by Crippen LogP contribution is -2.53. The summed E-state index contributed by atoms with van der Waals surface area (Å²) in [7, 11) is -7.60. The molecule has 0 aromatic heterocycles. The molecule has 33 heavy (non-hydrogen) atoms. The van der Waals surface area contributed by atoms with Crippen molar-refractivity contribution in [3.05, 3.63) is 66.0 Å². The molecule has 0 saturated carbocycles. The summed E-state index contributed by atoms with van der Waals surface area (Å²) in [6.07, 6.45) is 0.912. The van der Waals surface area contributed by atoms with E-state index in [9.17, 15) is 26.0 Å². The molecule has 0 radical (unpaired) electrons. The lowest BCUT2D eigenvalue weighted by atomic mass is 10.0. The molecule has 11 heteroatoms. The predicted octanol–water partition coefficient (Wildman–Crippen LogP) is 1.65. The van der Waals surface area contributed by atoms with Crippen LogP contribution in [-0.4, -0.2) is 58.0 Å². The van der Waals surface area contributed by atoms with Gasteiger partial charge in [0.25, 0.3) is 0 Å². The fourth-order valence-corrected chi connectivity index (χ4v) is 6.12. The first-order chi connectivity index (χ1) is 15.6. The van der Waals surface area contributed by atoms with Gasteiger partial charge in [0, 0.05) is 19.1 Å². The molecule has 3 rings (SSSR count). The Morgan fingerprint density at radius 3 is 2.24 bits per heavy atom. The number of sulfonamides is 2. The van der Waals surface area contributed by atoms with Crippen molar-refractivity contribution in [3.63, 3.8) is 0 Å². The molecule has 1 atom stereocenters. The number of carbonyl (C=O) groups excluding carboxylic acids is 1. The normalized spacial score (nSPS) is 16.9. The number of nitrogens with one attached hydrogen (secondary N) is 2. The summed E-state index contributed by atoms with van der Waals surface area (Å²) in [4.78, 5) is 12.5. The van der Waals surface area contributed by atoms with Gasteiger partial charge in [-0.3, -0.25) is 4.79 Å². The van der Waals surface area contributed by atoms with Crippen LogP contribution in [0.15, 0.2) is 59.5 Å². The van der Waals surface area contributed by atoms with Crippen LogP contribution in [0.2, 0.25) is 0 Å². The van der Waals surface area contributed by atoms with E-state index in [1.54, 1.807) is 37.3 Å². The Morgan fingerprint density at radius 1 is 1.03 bits per heavy atom. The van der Waals surface area contributed by atoms with Crippen LogP contribution in [-0.2, 0) is 31.3 Å². The van der Waals surface area contributed by atoms with Crippen molar-refractivity contribution in [1.82, 2.24) is 14.3 Å². The van der Waals surface area contributed by atoms with Gasteiger partial charge in [-0.1, -0.05) is 42.5 Å². The van der Waals surface area contributed by atoms with Crippen LogP contribution in [0.25, 0.3) is 0 Å². The van der Waals surface area contributed by atoms with Crippen molar-refractivity contribution < 1.29 is 26.0 Å². The molecule has 1 aliphatic rings. The highest BCUT2D eigenvalue weighted by molar-refractivity contribution is 7.89. The maximum atomic E-state index is 14.1. The second kappa shape index (κ2) is 10.7. The summed E-state index contributed by atoms with van der Waals surface area (Å²) in [6.45, 7) is 2.15. The third-order valence-electron chi connectivity index (χ3n) is 5.58. The molecule has 1 fully saturated rings. The van der Waals surface area contributed by atoms with Crippen LogP contribution in [0.3, 0.4) is 0 Å². The van der Waals surface area contributed by atoms with E-state index in [0.29, 0.717) is 12.8 Å². The molecule has 180 valence electrons. The summed E-state index contributed by atoms with van der Waals surface area (Å²) < 4.78 is 67.6. The largest absolute Gasteiger partial charge is 0.352 e. The topological polar surface area (TPSA) is 113 Å². The average molecular weight is 498 g/mol. The number of nitrogens with zero attached hydrogens (tertiary/aromatic N) is 1. The molecule has 2 aromatic rings. The van der Waals surface area contributed by atoms with Crippen LogP contribution in [0.5, 0.6) is 0 Å². The number of amides is 1. The van der Waals surface area contributed by atoms with Crippen LogP contribution < -0.4 is 10.0 Å². The van der Waals surface area contributed by atoms with Crippen molar-refractivity contribution in [1.29, 1.82) is 0 Å². The maximum absolute atomic E-state index is 14.1. The number of benzene rings is 2. The SMILES string of the molecule is CCS(=O)(=O)N1CCC(NC(=O)[C@H](Cc2ccccc2)NS(=O)(=O)c2ccccc2F)CC1. The molecule has 0 aliphatic carbocycles. The molecule has 0 bridgehead atoms. The lowest BCUT2D eigenvalue weighted by Gasteiger charge is -2.32. The fourth-order valence-electron chi connectivity index (χ4n) is 3.71. The molecule has 1 saturated heterocycles. The molecule has 1 aliphatic heterocycles. The van der Waals surface area contributed by atoms with Gasteiger partial charge in [0.15, 0.2) is 0 Å². The fraction of sp³-hybridized carbons (Fsp3) is 0.409. The number of rotatable bonds is 9. The third kappa shape index (κ3) is 6.59. The van der Waals surface area contributed by atoms with Crippen molar-refractivity contribution >= 4 is 26.0 Å². The Kier molecular flexibility index (Phi) is 8.22. The van der Waals surface area contributed by atoms with Gasteiger partial charge >= 0.3 is 0 Å². The molecular weight excluding hydrogens is 469 g/mol. The van der Waals surface area contributed by atoms with Crippen LogP contribution >= 0.6 is 0 Å². The van der Waals surface area contributed by atoms with Gasteiger partial charge in [-0.2, -0.15) is 4.72 Å². The standard InChI is InChI=1S/C22H28FN3O5S2/c1-2-32(28,29)26-14-12-18(13-15-26)24-22(27)20(16-17-8-4-3-5-9-17)25-33(30,31)21-11-7-6-10-19(21)23/h3-11,18,20,25H,2,12-16H2,1H3,(H,24,27)/t20-/m0/s1. The molecule has 0 unspecified atom stereocenters. The van der Waals surface area contributed by atoms with E-state index in [-0.39, 0.29) is 31.3 Å². The Bertz CT molecular complexity index is 1170. The highest BCUT2D eigenvalue weighted by atomic mass is 32.2. The second-order valence-electron chi connectivity index (χ2n) is 7.88. The summed E-state index contributed by atoms with van der Waals surface area (Å²) >= 11 is 0. The van der Waals surface area contributed by atoms with Gasteiger partial charge in [-0.25, -0.2) is 25.5 Å². The Hall–Kier alpha value is -2.34. The molecule has 1 heterocycles. The molecule has 0 spiro atoms. The monoisotopic (exact) mass is 497 g/mol. The predicted molar refractivity (Wildman–Crippen MR) is 123 cm³/mol. The minimum Gasteiger partial charge on any atom is -0.352 e. The van der Waals surface area contributed by atoms with E-state index in [0.717, 1.165) is 17.7 Å². The van der Waals surface area contributed by atoms with Gasteiger partial charge < -0.3 is 5.32 Å². The number of hydrogen-bond donors (Lipinski definition) is 2. The quantitative estimate of drug-likeness (QED) is 0.547. The smallest absolute Gasteiger partial charge is 0.244 e. The summed E-state index contributed by atoms with van der Waals surface area (Å²) in [6, 6.07) is 12.4. The molecule has 2 aromatic carbocycles. The molecule has 2 N–H and O–H groups in total. The summed E-state index contributed by atoms with van der Waals surface area (Å²) in [5.41, 5.74) is 0.734. The van der Waals surface area contributed by atoms with E-state index >= 15 is 0 Å². The minimum atomic E-state index is -4.30. The van der Waals surface area contributed by atoms with Crippen molar-refractivity contribution in [2.75, 3.05) is 18.8 Å². The third-order valence-corrected chi connectivity index (χ3v) is 8.97. The van der Waals surface area contributed by atoms with E-state index < -0.39 is 42.7 Å². The van der Waals surface area contributed by atoms with E-state index in [1.807, 2.05) is 0 Å². The lowest BCUT2D eigenvalue weighted by molar-refractivity contribution is -0.123. The first-order valence-electron chi connectivity index (χ1n) is 10.7. The number of carbonyl (C=O) groups is 1. The highest BCUT2D eigenvalue weighted by Gasteiger charge is 2.31. The van der Waals surface area contributed by atoms with Crippen molar-refractivity contribution in [2.45, 2.75) is 43.2 Å². The van der Waals surface area contributed by atoms with E-state index in [1.165, 1.54) is 16.4 Å². The summed E-state index contributed by atoms with van der Waals surface area (Å²) in [5, 5.41) is 2.84. The van der Waals surface area contributed by atoms with Gasteiger partial charge in [-0.05, 0) is 43.9 Å². The zero-order valence-electron chi connectivity index (χ0n) is 18.3. The van der Waals surface area contributed by atoms with Crippen LogP contribution in [0.1, 0.15) is 25.3 Å². The van der Waals surface area contributed by atoms with E-state index in [4.69, 9.17) is 0 Å². The Morgan fingerprint density at radius 2 is 1.64 bits per heavy atom. The van der Waals surface area contributed by atoms with Crippen LogP contribution in [0, 0.1) is 5.82 Å². The maximum Gasteiger partial charge on any atom is 0.244 e. The molecular formula is C22H28FN3O5S2. The van der Waals surface area contributed by atoms with Gasteiger partial charge in [0.1, 0.15) is 16.8 Å². The zero-order valence-corrected chi connectivity index (χ0v) is 19.9. The van der Waals surface area contributed by atoms with Gasteiger partial charge in [0.2, 0.25) is 26.0 Å². The first kappa shape index (κ1) is 25.3. The van der Waals surface area contributed by atoms with Crippen molar-refractivity contribution in [3.8, 4) is 0 Å². The van der Waals surface area contributed by atoms with Gasteiger partial charge in [-0.15, -0.1) is 0 Å². The number of piperidine rings is 1. The number of hydrogen-bond acceptors (Lipinski definition) is 5. The molecule has 1 amide bonds. The number of halogens is 1. The van der Waals surface area contributed by atoms with E-state index in [2.05, 4.69) is 10.0 Å².